The van der Waals surface area contributed by atoms with Crippen molar-refractivity contribution in [2.45, 2.75) is 153 Å². The largest absolute Gasteiger partial charge is 0.460 e. The number of rotatable bonds is 14. The van der Waals surface area contributed by atoms with E-state index >= 15 is 4.39 Å². The van der Waals surface area contributed by atoms with Gasteiger partial charge in [0.05, 0.1) is 0 Å². The van der Waals surface area contributed by atoms with Crippen LogP contribution in [0.4, 0.5) is 13.2 Å². The van der Waals surface area contributed by atoms with Gasteiger partial charge in [-0.05, 0) is 106 Å². The first-order chi connectivity index (χ1) is 18.8. The molecule has 0 aromatic heterocycles. The molecule has 3 rings (SSSR count). The van der Waals surface area contributed by atoms with E-state index in [0.717, 1.165) is 44.1 Å². The van der Waals surface area contributed by atoms with Crippen LogP contribution in [-0.4, -0.2) is 36.5 Å². The molecule has 0 N–H and O–H groups in total. The van der Waals surface area contributed by atoms with E-state index in [1.54, 1.807) is 6.07 Å². The van der Waals surface area contributed by atoms with Crippen molar-refractivity contribution in [3.63, 3.8) is 0 Å². The quantitative estimate of drug-likeness (QED) is 0.171. The second-order valence-corrected chi connectivity index (χ2v) is 11.5. The maximum absolute atomic E-state index is 15.2. The summed E-state index contributed by atoms with van der Waals surface area (Å²) in [6, 6.07) is 5.51. The number of hydrogen-bond acceptors (Lipinski definition) is 4. The van der Waals surface area contributed by atoms with Gasteiger partial charge in [-0.15, -0.1) is 0 Å². The Balaban J connectivity index is 1.42. The van der Waals surface area contributed by atoms with Crippen LogP contribution >= 0.6 is 0 Å². The summed E-state index contributed by atoms with van der Waals surface area (Å²) in [6.45, 7) is 4.07. The van der Waals surface area contributed by atoms with E-state index in [4.69, 9.17) is 9.47 Å². The third-order valence-corrected chi connectivity index (χ3v) is 8.48. The molecule has 0 aliphatic heterocycles. The van der Waals surface area contributed by atoms with Crippen LogP contribution in [0.15, 0.2) is 18.2 Å². The summed E-state index contributed by atoms with van der Waals surface area (Å²) in [5, 5.41) is 0. The monoisotopic (exact) mass is 552 g/mol. The first kappa shape index (κ1) is 31.5. The zero-order valence-corrected chi connectivity index (χ0v) is 23.8. The molecule has 0 radical (unpaired) electrons. The van der Waals surface area contributed by atoms with Gasteiger partial charge in [-0.3, -0.25) is 0 Å². The molecule has 0 spiro atoms. The van der Waals surface area contributed by atoms with Crippen LogP contribution in [-0.2, 0) is 19.1 Å². The van der Waals surface area contributed by atoms with Crippen molar-refractivity contribution < 1.29 is 32.2 Å². The highest BCUT2D eigenvalue weighted by atomic mass is 19.1. The Hall–Kier alpha value is -2.05. The fraction of sp³-hybridized carbons (Fsp3) is 0.750. The van der Waals surface area contributed by atoms with Crippen LogP contribution in [0.2, 0.25) is 0 Å². The normalized spacial score (nSPS) is 25.1. The highest BCUT2D eigenvalue weighted by Crippen LogP contribution is 2.39. The molecule has 1 aromatic carbocycles. The van der Waals surface area contributed by atoms with E-state index in [1.165, 1.54) is 0 Å². The summed E-state index contributed by atoms with van der Waals surface area (Å²) < 4.78 is 54.1. The maximum atomic E-state index is 15.2. The molecular weight excluding hydrogens is 505 g/mol. The first-order valence-electron chi connectivity index (χ1n) is 15.3. The van der Waals surface area contributed by atoms with Crippen molar-refractivity contribution in [3.05, 3.63) is 35.1 Å². The minimum atomic E-state index is -1.56. The van der Waals surface area contributed by atoms with E-state index < -0.39 is 24.3 Å². The maximum Gasteiger partial charge on any atom is 0.340 e. The fourth-order valence-corrected chi connectivity index (χ4v) is 5.99. The van der Waals surface area contributed by atoms with Crippen LogP contribution in [0.5, 0.6) is 0 Å². The second-order valence-electron chi connectivity index (χ2n) is 11.5. The molecule has 2 aliphatic rings. The Morgan fingerprint density at radius 1 is 0.744 bits per heavy atom. The van der Waals surface area contributed by atoms with Crippen molar-refractivity contribution in [3.8, 4) is 0 Å². The van der Waals surface area contributed by atoms with Gasteiger partial charge in [-0.1, -0.05) is 51.7 Å². The number of halogens is 3. The molecule has 2 atom stereocenters. The van der Waals surface area contributed by atoms with Crippen molar-refractivity contribution in [2.24, 2.45) is 0 Å². The standard InChI is InChI=1S/C32H47F3O4/c1-3-5-7-9-28(33)31(36)38-25-16-11-22(12-17-25)24-15-20-27(30(35)21-24)23-13-18-26(19-14-23)39-32(37)29(34)10-8-6-4-2/h15,20-23,25-26,28-29H,3-14,16-19H2,1-2H3/t22?,23?,25?,26?,28-,29-/m0/s1. The summed E-state index contributed by atoms with van der Waals surface area (Å²) in [4.78, 5) is 24.1. The average Bonchev–Trinajstić information content (AvgIpc) is 2.94. The number of benzene rings is 1. The molecule has 2 aliphatic carbocycles. The lowest BCUT2D eigenvalue weighted by atomic mass is 9.79. The lowest BCUT2D eigenvalue weighted by Crippen LogP contribution is -2.29. The summed E-state index contributed by atoms with van der Waals surface area (Å²) >= 11 is 0. The number of carbonyl (C=O) groups excluding carboxylic acids is 2. The number of unbranched alkanes of at least 4 members (excludes halogenated alkanes) is 4. The minimum absolute atomic E-state index is 0.0563. The molecule has 0 heterocycles. The highest BCUT2D eigenvalue weighted by Gasteiger charge is 2.31. The smallest absolute Gasteiger partial charge is 0.340 e. The van der Waals surface area contributed by atoms with Crippen LogP contribution < -0.4 is 0 Å². The van der Waals surface area contributed by atoms with Crippen LogP contribution in [0, 0.1) is 5.82 Å². The Bertz CT molecular complexity index is 891. The van der Waals surface area contributed by atoms with Crippen molar-refractivity contribution in [1.82, 2.24) is 0 Å². The van der Waals surface area contributed by atoms with Gasteiger partial charge in [0.2, 0.25) is 0 Å². The zero-order chi connectivity index (χ0) is 28.2. The van der Waals surface area contributed by atoms with Gasteiger partial charge in [0.25, 0.3) is 0 Å². The molecule has 7 heteroatoms. The van der Waals surface area contributed by atoms with Gasteiger partial charge < -0.3 is 9.47 Å². The molecule has 220 valence electrons. The van der Waals surface area contributed by atoms with Crippen molar-refractivity contribution >= 4 is 11.9 Å². The molecule has 0 amide bonds. The van der Waals surface area contributed by atoms with Gasteiger partial charge in [-0.25, -0.2) is 22.8 Å². The summed E-state index contributed by atoms with van der Waals surface area (Å²) in [6.07, 6.45) is 7.38. The number of hydrogen-bond donors (Lipinski definition) is 0. The fourth-order valence-electron chi connectivity index (χ4n) is 5.99. The van der Waals surface area contributed by atoms with Crippen molar-refractivity contribution in [1.29, 1.82) is 0 Å². The van der Waals surface area contributed by atoms with Gasteiger partial charge in [0.1, 0.15) is 18.0 Å². The molecule has 1 aromatic rings. The topological polar surface area (TPSA) is 52.6 Å². The highest BCUT2D eigenvalue weighted by molar-refractivity contribution is 5.75. The molecule has 0 bridgehead atoms. The number of ether oxygens (including phenoxy) is 2. The van der Waals surface area contributed by atoms with E-state index in [1.807, 2.05) is 26.0 Å². The Morgan fingerprint density at radius 2 is 1.21 bits per heavy atom. The van der Waals surface area contributed by atoms with Gasteiger partial charge in [-0.2, -0.15) is 0 Å². The summed E-state index contributed by atoms with van der Waals surface area (Å²) in [7, 11) is 0. The summed E-state index contributed by atoms with van der Waals surface area (Å²) in [5.74, 6) is -1.47. The number of alkyl halides is 2. The van der Waals surface area contributed by atoms with Crippen LogP contribution in [0.3, 0.4) is 0 Å². The summed E-state index contributed by atoms with van der Waals surface area (Å²) in [5.41, 5.74) is 1.63. The molecule has 39 heavy (non-hydrogen) atoms. The predicted octanol–water partition coefficient (Wildman–Crippen LogP) is 8.80. The van der Waals surface area contributed by atoms with E-state index in [0.29, 0.717) is 56.9 Å². The Morgan fingerprint density at radius 3 is 1.64 bits per heavy atom. The first-order valence-corrected chi connectivity index (χ1v) is 15.3. The SMILES string of the molecule is CCCCC[C@H](F)C(=O)OC1CCC(c2ccc(C3CCC(OC(=O)[C@@H](F)CCCCC)CC3)c(F)c2)CC1. The molecule has 2 saturated carbocycles. The molecule has 0 unspecified atom stereocenters. The third kappa shape index (κ3) is 9.82. The zero-order valence-electron chi connectivity index (χ0n) is 23.8. The van der Waals surface area contributed by atoms with E-state index in [9.17, 15) is 18.4 Å². The van der Waals surface area contributed by atoms with E-state index in [2.05, 4.69) is 0 Å². The number of esters is 2. The van der Waals surface area contributed by atoms with Crippen molar-refractivity contribution in [2.75, 3.05) is 0 Å². The van der Waals surface area contributed by atoms with Gasteiger partial charge in [0, 0.05) is 0 Å². The lowest BCUT2D eigenvalue weighted by molar-refractivity contribution is -0.157. The van der Waals surface area contributed by atoms with Crippen LogP contribution in [0.25, 0.3) is 0 Å². The molecular formula is C32H47F3O4. The second kappa shape index (κ2) is 16.3. The third-order valence-electron chi connectivity index (χ3n) is 8.48. The Kier molecular flexibility index (Phi) is 13.1. The predicted molar refractivity (Wildman–Crippen MR) is 147 cm³/mol. The lowest BCUT2D eigenvalue weighted by Gasteiger charge is -2.31. The minimum Gasteiger partial charge on any atom is -0.460 e. The molecule has 4 nitrogen and oxygen atoms in total. The van der Waals surface area contributed by atoms with Gasteiger partial charge >= 0.3 is 11.9 Å². The van der Waals surface area contributed by atoms with Gasteiger partial charge in [0.15, 0.2) is 12.3 Å². The van der Waals surface area contributed by atoms with E-state index in [-0.39, 0.29) is 42.7 Å². The van der Waals surface area contributed by atoms with Crippen LogP contribution in [0.1, 0.15) is 140 Å². The molecule has 2 fully saturated rings. The average molecular weight is 553 g/mol. The number of carbonyl (C=O) groups is 2. The molecule has 0 saturated heterocycles. The Labute approximate surface area is 232 Å².